The molecule has 0 atom stereocenters. The van der Waals surface area contributed by atoms with Crippen molar-refractivity contribution in [2.24, 2.45) is 0 Å². The van der Waals surface area contributed by atoms with Gasteiger partial charge >= 0.3 is 17.0 Å². The van der Waals surface area contributed by atoms with Gasteiger partial charge in [-0.05, 0) is 0 Å². The third kappa shape index (κ3) is 9.57. The van der Waals surface area contributed by atoms with Crippen LogP contribution in [0.4, 0.5) is 26.3 Å². The van der Waals surface area contributed by atoms with Gasteiger partial charge in [0.2, 0.25) is 0 Å². The van der Waals surface area contributed by atoms with E-state index < -0.39 is 37.0 Å². The van der Waals surface area contributed by atoms with Gasteiger partial charge in [0.1, 0.15) is 0 Å². The largest absolute Gasteiger partial charge is 0.480 e. The second kappa shape index (κ2) is 7.18. The summed E-state index contributed by atoms with van der Waals surface area (Å²) in [5.74, 6) is -0.752. The molecule has 0 aromatic heterocycles. The first-order valence-corrected chi connectivity index (χ1v) is 7.89. The standard InChI is InChI=1S/C5H11NO2.C2F6NO4S2/c1-6(2,3)4-5(7)8;3-1(4,5)14(10,11)9-15(12,13)2(6,7)8/h4H2,1-3H3;/q;-1/p+1. The van der Waals surface area contributed by atoms with Crippen LogP contribution in [0.3, 0.4) is 0 Å². The molecule has 0 bridgehead atoms. The Hall–Kier alpha value is -1.13. The molecule has 0 aliphatic rings. The first kappa shape index (κ1) is 24.1. The zero-order valence-electron chi connectivity index (χ0n) is 11.7. The van der Waals surface area contributed by atoms with E-state index in [0.29, 0.717) is 4.48 Å². The summed E-state index contributed by atoms with van der Waals surface area (Å²) in [6, 6.07) is 0. The fraction of sp³-hybridized carbons (Fsp3) is 0.857. The number of nitrogens with zero attached hydrogens (tertiary/aromatic N) is 2. The lowest BCUT2D eigenvalue weighted by atomic mass is 10.5. The summed E-state index contributed by atoms with van der Waals surface area (Å²) < 4.78 is 110. The monoisotopic (exact) mass is 398 g/mol. The van der Waals surface area contributed by atoms with E-state index in [0.717, 1.165) is 4.13 Å². The third-order valence-electron chi connectivity index (χ3n) is 1.39. The van der Waals surface area contributed by atoms with Gasteiger partial charge in [0.15, 0.2) is 26.6 Å². The Bertz CT molecular complexity index is 573. The summed E-state index contributed by atoms with van der Waals surface area (Å²) in [5, 5.41) is 8.23. The maximum Gasteiger partial charge on any atom is 0.480 e. The van der Waals surface area contributed by atoms with Crippen molar-refractivity contribution in [3.63, 3.8) is 0 Å². The van der Waals surface area contributed by atoms with Gasteiger partial charge in [0, 0.05) is 0 Å². The van der Waals surface area contributed by atoms with Crippen LogP contribution in [-0.4, -0.2) is 71.1 Å². The number of sulfonamides is 2. The van der Waals surface area contributed by atoms with Gasteiger partial charge in [0.25, 0.3) is 0 Å². The van der Waals surface area contributed by atoms with Crippen LogP contribution in [0, 0.1) is 0 Å². The van der Waals surface area contributed by atoms with E-state index >= 15 is 0 Å². The van der Waals surface area contributed by atoms with Crippen molar-refractivity contribution < 1.29 is 57.6 Å². The van der Waals surface area contributed by atoms with Crippen molar-refractivity contribution >= 4 is 26.0 Å². The Morgan fingerprint density at radius 3 is 1.26 bits per heavy atom. The molecular formula is C7H12F6N2O6S2. The molecule has 0 saturated heterocycles. The SMILES string of the molecule is C[N+](C)(C)CC(=O)O.O=S(=O)([N-]S(=O)(=O)C(F)(F)F)C(F)(F)F. The molecular weight excluding hydrogens is 386 g/mol. The second-order valence-electron chi connectivity index (χ2n) is 4.76. The van der Waals surface area contributed by atoms with Crippen LogP contribution in [-0.2, 0) is 24.8 Å². The van der Waals surface area contributed by atoms with Gasteiger partial charge in [-0.3, -0.25) is 0 Å². The van der Waals surface area contributed by atoms with Gasteiger partial charge in [-0.2, -0.15) is 26.3 Å². The zero-order chi connectivity index (χ0) is 19.5. The molecule has 0 saturated carbocycles. The number of carboxylic acids is 1. The molecule has 23 heavy (non-hydrogen) atoms. The zero-order valence-corrected chi connectivity index (χ0v) is 13.3. The summed E-state index contributed by atoms with van der Waals surface area (Å²) in [7, 11) is -7.92. The number of halogens is 6. The van der Waals surface area contributed by atoms with Gasteiger partial charge in [-0.15, -0.1) is 0 Å². The van der Waals surface area contributed by atoms with E-state index in [1.165, 1.54) is 0 Å². The molecule has 0 unspecified atom stereocenters. The van der Waals surface area contributed by atoms with Gasteiger partial charge in [-0.25, -0.2) is 21.6 Å². The van der Waals surface area contributed by atoms with E-state index in [2.05, 4.69) is 0 Å². The van der Waals surface area contributed by atoms with Gasteiger partial charge in [-0.1, -0.05) is 0 Å². The molecule has 0 heterocycles. The summed E-state index contributed by atoms with van der Waals surface area (Å²) in [5.41, 5.74) is -12.4. The van der Waals surface area contributed by atoms with E-state index in [-0.39, 0.29) is 6.54 Å². The average molecular weight is 398 g/mol. The minimum absolute atomic E-state index is 0.181. The number of hydrogen-bond donors (Lipinski definition) is 1. The fourth-order valence-corrected chi connectivity index (χ4v) is 2.33. The van der Waals surface area contributed by atoms with Crippen molar-refractivity contribution in [1.29, 1.82) is 0 Å². The Morgan fingerprint density at radius 1 is 0.913 bits per heavy atom. The maximum absolute atomic E-state index is 11.4. The highest BCUT2D eigenvalue weighted by atomic mass is 32.3. The molecule has 0 aromatic rings. The number of rotatable bonds is 4. The molecule has 1 N–H and O–H groups in total. The Morgan fingerprint density at radius 2 is 1.17 bits per heavy atom. The number of hydrogen-bond acceptors (Lipinski definition) is 5. The van der Waals surface area contributed by atoms with Crippen molar-refractivity contribution in [1.82, 2.24) is 0 Å². The number of carbonyl (C=O) groups is 1. The van der Waals surface area contributed by atoms with Gasteiger partial charge in [0.05, 0.1) is 21.1 Å². The van der Waals surface area contributed by atoms with Crippen LogP contribution < -0.4 is 0 Å². The maximum atomic E-state index is 11.4. The van der Waals surface area contributed by atoms with Gasteiger partial charge < -0.3 is 13.7 Å². The molecule has 0 spiro atoms. The normalized spacial score (nSPS) is 14.0. The third-order valence-corrected chi connectivity index (χ3v) is 4.13. The molecule has 16 heteroatoms. The molecule has 8 nitrogen and oxygen atoms in total. The van der Waals surface area contributed by atoms with E-state index in [1.807, 2.05) is 21.1 Å². The number of likely N-dealkylation sites (N-methyl/N-ethyl adjacent to an activating group) is 1. The number of carboxylic acid groups (broad SMARTS) is 1. The van der Waals surface area contributed by atoms with E-state index in [4.69, 9.17) is 5.11 Å². The summed E-state index contributed by atoms with van der Waals surface area (Å²) in [6.45, 7) is 0.181. The molecule has 0 amide bonds. The van der Waals surface area contributed by atoms with E-state index in [1.54, 1.807) is 0 Å². The lowest BCUT2D eigenvalue weighted by Crippen LogP contribution is -2.39. The highest BCUT2D eigenvalue weighted by Gasteiger charge is 2.46. The van der Waals surface area contributed by atoms with Crippen molar-refractivity contribution in [2.75, 3.05) is 27.7 Å². The summed E-state index contributed by atoms with van der Waals surface area (Å²) in [6.07, 6.45) is 0. The molecule has 0 radical (unpaired) electrons. The van der Waals surface area contributed by atoms with Crippen LogP contribution in [0.25, 0.3) is 4.13 Å². The van der Waals surface area contributed by atoms with Crippen LogP contribution in [0.5, 0.6) is 0 Å². The first-order valence-electron chi connectivity index (χ1n) is 5.01. The molecule has 0 aliphatic carbocycles. The molecule has 0 aliphatic heterocycles. The summed E-state index contributed by atoms with van der Waals surface area (Å²) >= 11 is 0. The van der Waals surface area contributed by atoms with Crippen LogP contribution in [0.2, 0.25) is 0 Å². The molecule has 0 aromatic carbocycles. The Labute approximate surface area is 127 Å². The van der Waals surface area contributed by atoms with E-state index in [9.17, 15) is 48.0 Å². The number of aliphatic carboxylic acids is 1. The highest BCUT2D eigenvalue weighted by molar-refractivity contribution is 8.13. The highest BCUT2D eigenvalue weighted by Crippen LogP contribution is 2.36. The van der Waals surface area contributed by atoms with Crippen molar-refractivity contribution in [3.05, 3.63) is 4.13 Å². The second-order valence-corrected chi connectivity index (χ2v) is 8.18. The minimum atomic E-state index is -6.72. The minimum Gasteiger partial charge on any atom is -0.477 e. The van der Waals surface area contributed by atoms with Crippen molar-refractivity contribution in [3.8, 4) is 0 Å². The lowest BCUT2D eigenvalue weighted by molar-refractivity contribution is -0.862. The van der Waals surface area contributed by atoms with Crippen LogP contribution in [0.1, 0.15) is 0 Å². The average Bonchev–Trinajstić information content (AvgIpc) is 2.07. The lowest BCUT2D eigenvalue weighted by Gasteiger charge is -2.22. The number of alkyl halides is 6. The molecule has 0 rings (SSSR count). The number of quaternary nitrogens is 1. The quantitative estimate of drug-likeness (QED) is 0.554. The predicted molar refractivity (Wildman–Crippen MR) is 63.8 cm³/mol. The predicted octanol–water partition coefficient (Wildman–Crippen LogP) is 0.836. The fourth-order valence-electron chi connectivity index (χ4n) is 0.619. The first-order chi connectivity index (χ1) is 9.62. The van der Waals surface area contributed by atoms with Crippen LogP contribution in [0.15, 0.2) is 0 Å². The Kier molecular flexibility index (Phi) is 7.53. The topological polar surface area (TPSA) is 120 Å². The molecule has 140 valence electrons. The molecule has 0 fully saturated rings. The van der Waals surface area contributed by atoms with Crippen molar-refractivity contribution in [2.45, 2.75) is 11.0 Å². The summed E-state index contributed by atoms with van der Waals surface area (Å²) in [4.78, 5) is 10.00. The Balaban J connectivity index is 0. The van der Waals surface area contributed by atoms with Crippen LogP contribution >= 0.6 is 0 Å². The smallest absolute Gasteiger partial charge is 0.477 e.